The van der Waals surface area contributed by atoms with E-state index < -0.39 is 42.3 Å². The number of nitrogens with one attached hydrogen (secondary N) is 1. The van der Waals surface area contributed by atoms with Crippen molar-refractivity contribution in [1.29, 1.82) is 0 Å². The van der Waals surface area contributed by atoms with Crippen LogP contribution in [0.5, 0.6) is 17.2 Å². The molecule has 222 valence electrons. The molecule has 0 radical (unpaired) electrons. The number of rotatable bonds is 11. The van der Waals surface area contributed by atoms with Gasteiger partial charge in [-0.3, -0.25) is 0 Å². The minimum atomic E-state index is -3.07. The van der Waals surface area contributed by atoms with E-state index in [2.05, 4.69) is 17.2 Å². The second-order valence-corrected chi connectivity index (χ2v) is 9.87. The van der Waals surface area contributed by atoms with E-state index in [1.165, 1.54) is 4.90 Å². The van der Waals surface area contributed by atoms with E-state index in [-0.39, 0.29) is 13.0 Å². The number of nitrogens with zero attached hydrogens (tertiary/aromatic N) is 1. The third-order valence-electron chi connectivity index (χ3n) is 6.97. The van der Waals surface area contributed by atoms with Crippen molar-refractivity contribution in [3.05, 3.63) is 53.1 Å². The van der Waals surface area contributed by atoms with Crippen LogP contribution < -0.4 is 19.5 Å². The van der Waals surface area contributed by atoms with Crippen LogP contribution in [0.25, 0.3) is 0 Å². The number of alkyl halides is 2. The minimum Gasteiger partial charge on any atom is -0.497 e. The normalized spacial score (nSPS) is 15.3. The Labute approximate surface area is 240 Å². The number of carbonyl (C=O) groups excluding carboxylic acids is 2. The van der Waals surface area contributed by atoms with Gasteiger partial charge in [-0.2, -0.15) is 0 Å². The van der Waals surface area contributed by atoms with Gasteiger partial charge in [-0.05, 0) is 63.6 Å². The molecule has 1 atom stereocenters. The minimum absolute atomic E-state index is 0.152. The Morgan fingerprint density at radius 2 is 1.71 bits per heavy atom. The summed E-state index contributed by atoms with van der Waals surface area (Å²) in [5.41, 5.74) is 0.478. The summed E-state index contributed by atoms with van der Waals surface area (Å²) in [6.45, 7) is 8.47. The lowest BCUT2D eigenvalue weighted by atomic mass is 9.73. The first-order chi connectivity index (χ1) is 19.5. The van der Waals surface area contributed by atoms with Gasteiger partial charge < -0.3 is 29.2 Å². The van der Waals surface area contributed by atoms with Gasteiger partial charge in [0.15, 0.2) is 5.54 Å². The van der Waals surface area contributed by atoms with Crippen LogP contribution in [0.3, 0.4) is 0 Å². The molecule has 0 saturated heterocycles. The maximum absolute atomic E-state index is 13.9. The summed E-state index contributed by atoms with van der Waals surface area (Å²) in [5, 5.41) is 2.56. The van der Waals surface area contributed by atoms with Gasteiger partial charge in [-0.1, -0.05) is 17.9 Å². The van der Waals surface area contributed by atoms with Crippen LogP contribution in [0.2, 0.25) is 0 Å². The van der Waals surface area contributed by atoms with Crippen LogP contribution in [-0.4, -0.2) is 62.3 Å². The fourth-order valence-corrected chi connectivity index (χ4v) is 4.81. The van der Waals surface area contributed by atoms with Gasteiger partial charge >= 0.3 is 12.0 Å². The van der Waals surface area contributed by atoms with Gasteiger partial charge in [0.2, 0.25) is 0 Å². The van der Waals surface area contributed by atoms with E-state index in [0.717, 1.165) is 18.2 Å². The predicted molar refractivity (Wildman–Crippen MR) is 151 cm³/mol. The van der Waals surface area contributed by atoms with Crippen LogP contribution >= 0.6 is 0 Å². The molecule has 1 aliphatic rings. The molecule has 2 amide bonds. The Hall–Kier alpha value is -4.00. The van der Waals surface area contributed by atoms with Crippen molar-refractivity contribution < 1.29 is 37.3 Å². The molecule has 0 heterocycles. The highest BCUT2D eigenvalue weighted by Gasteiger charge is 2.63. The Morgan fingerprint density at radius 3 is 2.24 bits per heavy atom. The van der Waals surface area contributed by atoms with Crippen LogP contribution in [0.4, 0.5) is 13.6 Å². The van der Waals surface area contributed by atoms with E-state index in [9.17, 15) is 18.4 Å². The third-order valence-corrected chi connectivity index (χ3v) is 6.97. The van der Waals surface area contributed by atoms with Gasteiger partial charge in [0.25, 0.3) is 5.92 Å². The van der Waals surface area contributed by atoms with Gasteiger partial charge in [-0.25, -0.2) is 18.4 Å². The molecule has 0 bridgehead atoms. The summed E-state index contributed by atoms with van der Waals surface area (Å²) in [6, 6.07) is 9.72. The molecule has 1 N–H and O–H groups in total. The first kappa shape index (κ1) is 31.5. The number of hydrogen-bond donors (Lipinski definition) is 1. The lowest BCUT2D eigenvalue weighted by Crippen LogP contribution is -2.68. The SMILES string of the molecule is CCOc1cc([C@@H](C)N(CCC#Cc2cccc(OC)c2)C(=O)NC2(C(=O)OC)CC(F)(F)C2)cc(OCC)c1C. The lowest BCUT2D eigenvalue weighted by molar-refractivity contribution is -0.178. The predicted octanol–water partition coefficient (Wildman–Crippen LogP) is 5.66. The average molecular weight is 573 g/mol. The molecule has 0 aromatic heterocycles. The third kappa shape index (κ3) is 7.60. The molecule has 1 fully saturated rings. The van der Waals surface area contributed by atoms with Gasteiger partial charge in [0.05, 0.1) is 33.5 Å². The van der Waals surface area contributed by atoms with Crippen molar-refractivity contribution in [3.8, 4) is 29.1 Å². The van der Waals surface area contributed by atoms with Gasteiger partial charge in [0.1, 0.15) is 17.2 Å². The second-order valence-electron chi connectivity index (χ2n) is 9.87. The zero-order valence-electron chi connectivity index (χ0n) is 24.4. The fraction of sp³-hybridized carbons (Fsp3) is 0.484. The largest absolute Gasteiger partial charge is 0.497 e. The van der Waals surface area contributed by atoms with Crippen LogP contribution in [0, 0.1) is 18.8 Å². The highest BCUT2D eigenvalue weighted by molar-refractivity contribution is 5.89. The smallest absolute Gasteiger partial charge is 0.332 e. The van der Waals surface area contributed by atoms with Crippen molar-refractivity contribution in [1.82, 2.24) is 10.2 Å². The number of carbonyl (C=O) groups is 2. The van der Waals surface area contributed by atoms with Crippen molar-refractivity contribution in [2.75, 3.05) is 34.0 Å². The number of halogens is 2. The van der Waals surface area contributed by atoms with Crippen LogP contribution in [0.15, 0.2) is 36.4 Å². The topological polar surface area (TPSA) is 86.3 Å². The summed E-state index contributed by atoms with van der Waals surface area (Å²) < 4.78 is 49.5. The van der Waals surface area contributed by atoms with Gasteiger partial charge in [-0.15, -0.1) is 0 Å². The summed E-state index contributed by atoms with van der Waals surface area (Å²) in [6.07, 6.45) is -1.38. The Kier molecular flexibility index (Phi) is 10.4. The van der Waals surface area contributed by atoms with Gasteiger partial charge in [0, 0.05) is 36.9 Å². The van der Waals surface area contributed by atoms with E-state index in [1.54, 1.807) is 13.2 Å². The number of hydrogen-bond acceptors (Lipinski definition) is 6. The van der Waals surface area contributed by atoms with Crippen LogP contribution in [0.1, 0.15) is 62.8 Å². The quantitative estimate of drug-likeness (QED) is 0.276. The van der Waals surface area contributed by atoms with E-state index in [4.69, 9.17) is 18.9 Å². The number of amides is 2. The average Bonchev–Trinajstić information content (AvgIpc) is 2.93. The molecular weight excluding hydrogens is 534 g/mol. The standard InChI is InChI=1S/C31H38F2N2O6/c1-7-40-26-17-24(18-27(21(26)3)41-8-2)22(4)35(15-10-9-12-23-13-11-14-25(16-23)38-5)29(37)34-30(28(36)39-6)19-31(32,33)20-30/h11,13-14,16-18,22H,7-8,10,15,19-20H2,1-6H3,(H,34,37)/t22-/m1/s1. The summed E-state index contributed by atoms with van der Waals surface area (Å²) >= 11 is 0. The van der Waals surface area contributed by atoms with Crippen molar-refractivity contribution in [3.63, 3.8) is 0 Å². The first-order valence-electron chi connectivity index (χ1n) is 13.6. The van der Waals surface area contributed by atoms with Crippen molar-refractivity contribution >= 4 is 12.0 Å². The highest BCUT2D eigenvalue weighted by atomic mass is 19.3. The fourth-order valence-electron chi connectivity index (χ4n) is 4.81. The highest BCUT2D eigenvalue weighted by Crippen LogP contribution is 2.46. The van der Waals surface area contributed by atoms with Crippen molar-refractivity contribution in [2.45, 2.75) is 64.5 Å². The molecule has 2 aromatic carbocycles. The first-order valence-corrected chi connectivity index (χ1v) is 13.6. The Balaban J connectivity index is 1.93. The molecule has 10 heteroatoms. The zero-order valence-corrected chi connectivity index (χ0v) is 24.4. The zero-order chi connectivity index (χ0) is 30.2. The summed E-state index contributed by atoms with van der Waals surface area (Å²) in [4.78, 5) is 27.6. The number of benzene rings is 2. The monoisotopic (exact) mass is 572 g/mol. The molecule has 2 aromatic rings. The molecule has 1 aliphatic carbocycles. The molecule has 0 spiro atoms. The Bertz CT molecular complexity index is 1270. The Morgan fingerprint density at radius 1 is 1.07 bits per heavy atom. The molecule has 1 saturated carbocycles. The molecule has 3 rings (SSSR count). The lowest BCUT2D eigenvalue weighted by Gasteiger charge is -2.46. The number of esters is 1. The number of ether oxygens (including phenoxy) is 4. The molecule has 8 nitrogen and oxygen atoms in total. The molecular formula is C31H38F2N2O6. The van der Waals surface area contributed by atoms with E-state index in [0.29, 0.717) is 36.0 Å². The van der Waals surface area contributed by atoms with Crippen molar-refractivity contribution in [2.24, 2.45) is 0 Å². The maximum atomic E-state index is 13.9. The van der Waals surface area contributed by atoms with E-state index in [1.807, 2.05) is 58.0 Å². The maximum Gasteiger partial charge on any atom is 0.332 e. The molecule has 41 heavy (non-hydrogen) atoms. The van der Waals surface area contributed by atoms with Crippen LogP contribution in [-0.2, 0) is 9.53 Å². The molecule has 0 aliphatic heterocycles. The number of methoxy groups -OCH3 is 2. The summed E-state index contributed by atoms with van der Waals surface area (Å²) in [7, 11) is 2.68. The number of urea groups is 1. The van der Waals surface area contributed by atoms with E-state index >= 15 is 0 Å². The second kappa shape index (κ2) is 13.6. The molecule has 0 unspecified atom stereocenters. The summed E-state index contributed by atoms with van der Waals surface area (Å²) in [5.74, 6) is 4.04.